The molecule has 5 nitrogen and oxygen atoms in total. The highest BCUT2D eigenvalue weighted by Gasteiger charge is 2.18. The van der Waals surface area contributed by atoms with Gasteiger partial charge in [-0.3, -0.25) is 4.79 Å². The quantitative estimate of drug-likeness (QED) is 0.386. The van der Waals surface area contributed by atoms with E-state index in [2.05, 4.69) is 5.16 Å². The highest BCUT2D eigenvalue weighted by molar-refractivity contribution is 6.39. The van der Waals surface area contributed by atoms with Crippen LogP contribution in [-0.4, -0.2) is 35.4 Å². The Morgan fingerprint density at radius 2 is 2.00 bits per heavy atom. The van der Waals surface area contributed by atoms with Gasteiger partial charge in [-0.25, -0.2) is 0 Å². The smallest absolute Gasteiger partial charge is 0.256 e. The summed E-state index contributed by atoms with van der Waals surface area (Å²) in [6, 6.07) is 4.86. The molecule has 0 spiro atoms. The molecule has 3 N–H and O–H groups in total. The summed E-state index contributed by atoms with van der Waals surface area (Å²) in [6.07, 6.45) is 0.265. The second-order valence-electron chi connectivity index (χ2n) is 3.66. The van der Waals surface area contributed by atoms with Crippen LogP contribution in [0.1, 0.15) is 16.8 Å². The van der Waals surface area contributed by atoms with Crippen molar-refractivity contribution in [1.82, 2.24) is 4.90 Å². The van der Waals surface area contributed by atoms with E-state index in [1.807, 2.05) is 0 Å². The summed E-state index contributed by atoms with van der Waals surface area (Å²) in [5.74, 6) is -0.253. The van der Waals surface area contributed by atoms with Gasteiger partial charge in [-0.1, -0.05) is 34.4 Å². The molecule has 0 atom stereocenters. The molecule has 1 rings (SSSR count). The highest BCUT2D eigenvalue weighted by atomic mass is 35.5. The molecule has 0 radical (unpaired) electrons. The van der Waals surface area contributed by atoms with Crippen molar-refractivity contribution in [2.45, 2.75) is 6.42 Å². The Morgan fingerprint density at radius 1 is 1.44 bits per heavy atom. The summed E-state index contributed by atoms with van der Waals surface area (Å²) in [5, 5.41) is 11.8. The molecule has 0 aliphatic carbocycles. The molecule has 18 heavy (non-hydrogen) atoms. The normalized spacial score (nSPS) is 11.4. The van der Waals surface area contributed by atoms with Crippen LogP contribution in [0.3, 0.4) is 0 Å². The number of halogens is 2. The van der Waals surface area contributed by atoms with Crippen molar-refractivity contribution in [1.29, 1.82) is 0 Å². The molecule has 0 saturated heterocycles. The van der Waals surface area contributed by atoms with Crippen LogP contribution in [-0.2, 0) is 0 Å². The van der Waals surface area contributed by atoms with E-state index in [9.17, 15) is 4.79 Å². The minimum Gasteiger partial charge on any atom is -0.409 e. The van der Waals surface area contributed by atoms with Gasteiger partial charge in [0, 0.05) is 20.0 Å². The molecule has 1 aromatic rings. The monoisotopic (exact) mass is 289 g/mol. The summed E-state index contributed by atoms with van der Waals surface area (Å²) in [7, 11) is 1.59. The van der Waals surface area contributed by atoms with Crippen LogP contribution in [0.4, 0.5) is 0 Å². The third kappa shape index (κ3) is 3.51. The lowest BCUT2D eigenvalue weighted by Gasteiger charge is -2.18. The minimum atomic E-state index is -0.309. The van der Waals surface area contributed by atoms with Gasteiger partial charge >= 0.3 is 0 Å². The van der Waals surface area contributed by atoms with Crippen LogP contribution in [0.2, 0.25) is 10.0 Å². The van der Waals surface area contributed by atoms with Crippen LogP contribution in [0.25, 0.3) is 0 Å². The third-order valence-corrected chi connectivity index (χ3v) is 2.99. The van der Waals surface area contributed by atoms with Crippen LogP contribution in [0, 0.1) is 0 Å². The molecule has 0 heterocycles. The first-order valence-electron chi connectivity index (χ1n) is 5.13. The average Bonchev–Trinajstić information content (AvgIpc) is 2.34. The summed E-state index contributed by atoms with van der Waals surface area (Å²) < 4.78 is 0. The maximum Gasteiger partial charge on any atom is 0.256 e. The fraction of sp³-hybridized carbons (Fsp3) is 0.273. The molecule has 0 aliphatic heterocycles. The van der Waals surface area contributed by atoms with E-state index in [-0.39, 0.29) is 23.7 Å². The lowest BCUT2D eigenvalue weighted by molar-refractivity contribution is 0.0799. The molecule has 98 valence electrons. The van der Waals surface area contributed by atoms with E-state index in [0.717, 1.165) is 0 Å². The summed E-state index contributed by atoms with van der Waals surface area (Å²) in [5.41, 5.74) is 5.58. The zero-order valence-corrected chi connectivity index (χ0v) is 11.2. The Labute approximate surface area is 115 Å². The zero-order chi connectivity index (χ0) is 13.7. The number of amides is 1. The van der Waals surface area contributed by atoms with Crippen molar-refractivity contribution in [3.05, 3.63) is 33.8 Å². The SMILES string of the molecule is CN(CC/C(N)=N/O)C(=O)c1c(Cl)cccc1Cl. The molecule has 0 aromatic heterocycles. The van der Waals surface area contributed by atoms with Gasteiger partial charge in [0.05, 0.1) is 15.6 Å². The molecule has 0 bridgehead atoms. The number of carbonyl (C=O) groups is 1. The second kappa shape index (κ2) is 6.47. The van der Waals surface area contributed by atoms with Crippen molar-refractivity contribution in [2.75, 3.05) is 13.6 Å². The Bertz CT molecular complexity index is 457. The zero-order valence-electron chi connectivity index (χ0n) is 9.73. The van der Waals surface area contributed by atoms with Gasteiger partial charge in [-0.2, -0.15) is 0 Å². The van der Waals surface area contributed by atoms with Crippen molar-refractivity contribution in [3.63, 3.8) is 0 Å². The maximum absolute atomic E-state index is 12.1. The predicted octanol–water partition coefficient (Wildman–Crippen LogP) is 2.20. The molecule has 0 aliphatic rings. The van der Waals surface area contributed by atoms with Gasteiger partial charge in [-0.15, -0.1) is 0 Å². The molecule has 7 heteroatoms. The van der Waals surface area contributed by atoms with Gasteiger partial charge in [0.15, 0.2) is 0 Å². The van der Waals surface area contributed by atoms with Crippen LogP contribution >= 0.6 is 23.2 Å². The number of hydrogen-bond acceptors (Lipinski definition) is 3. The fourth-order valence-corrected chi connectivity index (χ4v) is 1.89. The van der Waals surface area contributed by atoms with E-state index in [4.69, 9.17) is 34.1 Å². The number of rotatable bonds is 4. The van der Waals surface area contributed by atoms with Crippen LogP contribution < -0.4 is 5.73 Å². The minimum absolute atomic E-state index is 0.0555. The number of hydrogen-bond donors (Lipinski definition) is 2. The van der Waals surface area contributed by atoms with Crippen molar-refractivity contribution >= 4 is 34.9 Å². The predicted molar refractivity (Wildman–Crippen MR) is 71.4 cm³/mol. The lowest BCUT2D eigenvalue weighted by Crippen LogP contribution is -2.31. The lowest BCUT2D eigenvalue weighted by atomic mass is 10.2. The Balaban J connectivity index is 2.81. The number of benzene rings is 1. The largest absolute Gasteiger partial charge is 0.409 e. The fourth-order valence-electron chi connectivity index (χ4n) is 1.33. The number of nitrogens with two attached hydrogens (primary N) is 1. The van der Waals surface area contributed by atoms with E-state index in [1.54, 1.807) is 25.2 Å². The van der Waals surface area contributed by atoms with Gasteiger partial charge in [-0.05, 0) is 12.1 Å². The molecular formula is C11H13Cl2N3O2. The van der Waals surface area contributed by atoms with E-state index in [1.165, 1.54) is 4.90 Å². The third-order valence-electron chi connectivity index (χ3n) is 2.36. The number of nitrogens with zero attached hydrogens (tertiary/aromatic N) is 2. The van der Waals surface area contributed by atoms with Gasteiger partial charge < -0.3 is 15.8 Å². The Morgan fingerprint density at radius 3 is 2.50 bits per heavy atom. The first kappa shape index (κ1) is 14.6. The van der Waals surface area contributed by atoms with E-state index in [0.29, 0.717) is 16.6 Å². The van der Waals surface area contributed by atoms with Gasteiger partial charge in [0.1, 0.15) is 5.84 Å². The Kier molecular flexibility index (Phi) is 5.25. The van der Waals surface area contributed by atoms with E-state index >= 15 is 0 Å². The van der Waals surface area contributed by atoms with Crippen molar-refractivity contribution in [2.24, 2.45) is 10.9 Å². The number of carbonyl (C=O) groups excluding carboxylic acids is 1. The van der Waals surface area contributed by atoms with Crippen LogP contribution in [0.5, 0.6) is 0 Å². The highest BCUT2D eigenvalue weighted by Crippen LogP contribution is 2.25. The van der Waals surface area contributed by atoms with E-state index < -0.39 is 0 Å². The summed E-state index contributed by atoms with van der Waals surface area (Å²) >= 11 is 11.9. The number of amidine groups is 1. The van der Waals surface area contributed by atoms with Crippen molar-refractivity contribution in [3.8, 4) is 0 Å². The molecule has 0 saturated carbocycles. The molecular weight excluding hydrogens is 277 g/mol. The van der Waals surface area contributed by atoms with Crippen LogP contribution in [0.15, 0.2) is 23.4 Å². The maximum atomic E-state index is 12.1. The van der Waals surface area contributed by atoms with Gasteiger partial charge in [0.2, 0.25) is 0 Å². The topological polar surface area (TPSA) is 78.9 Å². The van der Waals surface area contributed by atoms with Crippen molar-refractivity contribution < 1.29 is 10.0 Å². The first-order valence-corrected chi connectivity index (χ1v) is 5.88. The number of oxime groups is 1. The second-order valence-corrected chi connectivity index (χ2v) is 4.48. The summed E-state index contributed by atoms with van der Waals surface area (Å²) in [6.45, 7) is 0.302. The standard InChI is InChI=1S/C11H13Cl2N3O2/c1-16(6-5-9(14)15-18)11(17)10-7(12)3-2-4-8(10)13/h2-4,18H,5-6H2,1H3,(H2,14,15). The summed E-state index contributed by atoms with van der Waals surface area (Å²) in [4.78, 5) is 13.5. The first-order chi connectivity index (χ1) is 8.47. The molecule has 0 fully saturated rings. The molecule has 0 unspecified atom stereocenters. The Hall–Kier alpha value is -1.46. The molecule has 1 aromatic carbocycles. The average molecular weight is 290 g/mol. The molecule has 1 amide bonds. The van der Waals surface area contributed by atoms with Gasteiger partial charge in [0.25, 0.3) is 5.91 Å².